The van der Waals surface area contributed by atoms with Crippen LogP contribution in [0.3, 0.4) is 0 Å². The van der Waals surface area contributed by atoms with E-state index in [2.05, 4.69) is 49.2 Å². The van der Waals surface area contributed by atoms with E-state index in [1.807, 2.05) is 24.4 Å². The summed E-state index contributed by atoms with van der Waals surface area (Å²) in [6.07, 6.45) is 7.29. The lowest BCUT2D eigenvalue weighted by Crippen LogP contribution is -2.14. The molecule has 0 aliphatic heterocycles. The zero-order valence-electron chi connectivity index (χ0n) is 16.6. The lowest BCUT2D eigenvalue weighted by Gasteiger charge is -2.29. The number of hydrogen-bond donors (Lipinski definition) is 1. The number of aromatic nitrogens is 1. The molecular weight excluding hydrogens is 342 g/mol. The Morgan fingerprint density at radius 3 is 2.00 bits per heavy atom. The molecule has 1 aliphatic carbocycles. The third kappa shape index (κ3) is 4.01. The lowest BCUT2D eigenvalue weighted by molar-refractivity contribution is 0.359. The summed E-state index contributed by atoms with van der Waals surface area (Å²) in [5.74, 6) is 1.73. The van der Waals surface area contributed by atoms with Crippen LogP contribution in [0.25, 0.3) is 16.7 Å². The van der Waals surface area contributed by atoms with E-state index in [4.69, 9.17) is 0 Å². The first-order valence-corrected chi connectivity index (χ1v) is 10.1. The molecule has 28 heavy (non-hydrogen) atoms. The van der Waals surface area contributed by atoms with E-state index < -0.39 is 0 Å². The molecule has 0 spiro atoms. The molecule has 1 N–H and O–H groups in total. The van der Waals surface area contributed by atoms with Gasteiger partial charge in [-0.1, -0.05) is 61.9 Å². The Morgan fingerprint density at radius 2 is 1.43 bits per heavy atom. The highest BCUT2D eigenvalue weighted by molar-refractivity contribution is 5.83. The van der Waals surface area contributed by atoms with Crippen LogP contribution in [0.5, 0.6) is 5.75 Å². The minimum atomic E-state index is 0.311. The van der Waals surface area contributed by atoms with Crippen LogP contribution in [-0.4, -0.2) is 10.1 Å². The van der Waals surface area contributed by atoms with Crippen molar-refractivity contribution in [3.8, 4) is 16.9 Å². The molecule has 2 atom stereocenters. The fraction of sp³-hybridized carbons (Fsp3) is 0.269. The quantitative estimate of drug-likeness (QED) is 0.556. The van der Waals surface area contributed by atoms with Crippen molar-refractivity contribution in [2.75, 3.05) is 0 Å². The zero-order valence-corrected chi connectivity index (χ0v) is 16.6. The van der Waals surface area contributed by atoms with E-state index in [-0.39, 0.29) is 0 Å². The topological polar surface area (TPSA) is 33.1 Å². The van der Waals surface area contributed by atoms with Crippen LogP contribution in [0.1, 0.15) is 44.2 Å². The Balaban J connectivity index is 1.78. The van der Waals surface area contributed by atoms with Crippen molar-refractivity contribution in [2.45, 2.75) is 33.1 Å². The number of allylic oxidation sites excluding steroid dienone is 1. The van der Waals surface area contributed by atoms with Crippen molar-refractivity contribution in [3.05, 3.63) is 89.8 Å². The van der Waals surface area contributed by atoms with E-state index in [0.29, 0.717) is 17.6 Å². The normalized spacial score (nSPS) is 19.4. The number of aromatic hydroxyl groups is 1. The highest BCUT2D eigenvalue weighted by Gasteiger charge is 2.23. The van der Waals surface area contributed by atoms with Crippen molar-refractivity contribution in [3.63, 3.8) is 0 Å². The third-order valence-electron chi connectivity index (χ3n) is 5.67. The van der Waals surface area contributed by atoms with Gasteiger partial charge in [-0.25, -0.2) is 0 Å². The number of phenols is 1. The molecule has 1 aromatic heterocycles. The predicted octanol–water partition coefficient (Wildman–Crippen LogP) is 6.71. The summed E-state index contributed by atoms with van der Waals surface area (Å²) in [6.45, 7) is 4.71. The fourth-order valence-corrected chi connectivity index (χ4v) is 4.55. The Morgan fingerprint density at radius 1 is 0.821 bits per heavy atom. The van der Waals surface area contributed by atoms with Gasteiger partial charge in [-0.3, -0.25) is 4.98 Å². The molecule has 0 amide bonds. The summed E-state index contributed by atoms with van der Waals surface area (Å²) in [7, 11) is 0. The first-order valence-electron chi connectivity index (χ1n) is 10.1. The molecule has 0 radical (unpaired) electrons. The molecule has 0 bridgehead atoms. The maximum Gasteiger partial charge on any atom is 0.115 e. The average molecular weight is 370 g/mol. The molecule has 2 heteroatoms. The van der Waals surface area contributed by atoms with E-state index in [1.54, 1.807) is 18.3 Å². The van der Waals surface area contributed by atoms with Crippen molar-refractivity contribution >= 4 is 5.57 Å². The Hall–Kier alpha value is -2.87. The minimum absolute atomic E-state index is 0.311. The number of nitrogens with zero attached hydrogens (tertiary/aromatic N) is 1. The van der Waals surface area contributed by atoms with Gasteiger partial charge < -0.3 is 5.11 Å². The first kappa shape index (κ1) is 18.5. The van der Waals surface area contributed by atoms with Crippen molar-refractivity contribution < 1.29 is 5.11 Å². The Bertz CT molecular complexity index is 944. The van der Waals surface area contributed by atoms with E-state index in [9.17, 15) is 5.11 Å². The van der Waals surface area contributed by atoms with Crippen LogP contribution in [0.2, 0.25) is 0 Å². The molecule has 142 valence electrons. The van der Waals surface area contributed by atoms with Crippen LogP contribution in [0.15, 0.2) is 78.6 Å². The molecule has 1 saturated carbocycles. The van der Waals surface area contributed by atoms with Gasteiger partial charge in [-0.05, 0) is 77.1 Å². The van der Waals surface area contributed by atoms with Crippen LogP contribution < -0.4 is 0 Å². The molecule has 4 rings (SSSR count). The third-order valence-corrected chi connectivity index (χ3v) is 5.67. The molecule has 1 fully saturated rings. The first-order chi connectivity index (χ1) is 13.6. The van der Waals surface area contributed by atoms with Gasteiger partial charge in [0.05, 0.1) is 0 Å². The zero-order chi connectivity index (χ0) is 19.5. The number of benzene rings is 2. The fourth-order valence-electron chi connectivity index (χ4n) is 4.55. The summed E-state index contributed by atoms with van der Waals surface area (Å²) >= 11 is 0. The highest BCUT2D eigenvalue weighted by atomic mass is 16.3. The summed E-state index contributed by atoms with van der Waals surface area (Å²) in [5, 5.41) is 9.74. The molecule has 3 aromatic rings. The van der Waals surface area contributed by atoms with Gasteiger partial charge >= 0.3 is 0 Å². The maximum atomic E-state index is 9.74. The summed E-state index contributed by atoms with van der Waals surface area (Å²) < 4.78 is 0. The number of pyridine rings is 1. The molecule has 2 nitrogen and oxygen atoms in total. The monoisotopic (exact) mass is 369 g/mol. The SMILES string of the molecule is CC1CC(=C(c2ccc(O)cc2)c2ccc(-c3cccnc3)cc2)CC(C)C1. The standard InChI is InChI=1S/C26H27NO/c1-18-14-19(2)16-24(15-18)26(22-9-11-25(28)12-10-22)21-7-5-20(6-8-21)23-4-3-13-27-17-23/h3-13,17-19,28H,14-16H2,1-2H3. The molecule has 2 unspecified atom stereocenters. The van der Waals surface area contributed by atoms with Gasteiger partial charge in [0.1, 0.15) is 5.75 Å². The van der Waals surface area contributed by atoms with E-state index in [1.165, 1.54) is 34.3 Å². The smallest absolute Gasteiger partial charge is 0.115 e. The summed E-state index contributed by atoms with van der Waals surface area (Å²) in [4.78, 5) is 4.23. The summed E-state index contributed by atoms with van der Waals surface area (Å²) in [6, 6.07) is 20.5. The van der Waals surface area contributed by atoms with Gasteiger partial charge in [0.15, 0.2) is 0 Å². The highest BCUT2D eigenvalue weighted by Crippen LogP contribution is 2.40. The molecule has 1 heterocycles. The largest absolute Gasteiger partial charge is 0.508 e. The van der Waals surface area contributed by atoms with Gasteiger partial charge in [-0.2, -0.15) is 0 Å². The van der Waals surface area contributed by atoms with Crippen LogP contribution in [0, 0.1) is 11.8 Å². The molecular formula is C26H27NO. The maximum absolute atomic E-state index is 9.74. The van der Waals surface area contributed by atoms with Gasteiger partial charge in [-0.15, -0.1) is 0 Å². The van der Waals surface area contributed by atoms with Gasteiger partial charge in [0, 0.05) is 12.4 Å². The van der Waals surface area contributed by atoms with Crippen LogP contribution in [0.4, 0.5) is 0 Å². The van der Waals surface area contributed by atoms with Crippen LogP contribution in [-0.2, 0) is 0 Å². The second-order valence-electron chi connectivity index (χ2n) is 8.20. The number of phenolic OH excluding ortho intramolecular Hbond substituents is 1. The Kier molecular flexibility index (Phi) is 5.29. The molecule has 1 aliphatic rings. The van der Waals surface area contributed by atoms with Gasteiger partial charge in [0.2, 0.25) is 0 Å². The van der Waals surface area contributed by atoms with Crippen LogP contribution >= 0.6 is 0 Å². The minimum Gasteiger partial charge on any atom is -0.508 e. The van der Waals surface area contributed by atoms with E-state index in [0.717, 1.165) is 18.4 Å². The Labute approximate surface area is 167 Å². The predicted molar refractivity (Wildman–Crippen MR) is 116 cm³/mol. The number of rotatable bonds is 3. The number of hydrogen-bond acceptors (Lipinski definition) is 2. The van der Waals surface area contributed by atoms with Crippen molar-refractivity contribution in [1.29, 1.82) is 0 Å². The second-order valence-corrected chi connectivity index (χ2v) is 8.20. The lowest BCUT2D eigenvalue weighted by atomic mass is 9.76. The summed E-state index contributed by atoms with van der Waals surface area (Å²) in [5.41, 5.74) is 7.60. The second kappa shape index (κ2) is 8.02. The molecule has 2 aromatic carbocycles. The molecule has 0 saturated heterocycles. The van der Waals surface area contributed by atoms with Crippen molar-refractivity contribution in [2.24, 2.45) is 11.8 Å². The van der Waals surface area contributed by atoms with Crippen molar-refractivity contribution in [1.82, 2.24) is 4.98 Å². The average Bonchev–Trinajstić information content (AvgIpc) is 2.70. The van der Waals surface area contributed by atoms with Gasteiger partial charge in [0.25, 0.3) is 0 Å². The van der Waals surface area contributed by atoms with E-state index >= 15 is 0 Å².